The Morgan fingerprint density at radius 1 is 0.960 bits per heavy atom. The maximum absolute atomic E-state index is 14.0. The molecule has 3 aromatic rings. The summed E-state index contributed by atoms with van der Waals surface area (Å²) in [6.07, 6.45) is 0. The van der Waals surface area contributed by atoms with E-state index < -0.39 is 17.1 Å². The summed E-state index contributed by atoms with van der Waals surface area (Å²) in [6.45, 7) is 0. The highest BCUT2D eigenvalue weighted by atomic mass is 35.5. The van der Waals surface area contributed by atoms with Gasteiger partial charge in [-0.15, -0.1) is 0 Å². The lowest BCUT2D eigenvalue weighted by atomic mass is 10.1. The summed E-state index contributed by atoms with van der Waals surface area (Å²) in [7, 11) is 0. The van der Waals surface area contributed by atoms with E-state index in [1.807, 2.05) is 0 Å². The third kappa shape index (κ3) is 3.04. The summed E-state index contributed by atoms with van der Waals surface area (Å²) < 4.78 is 15.4. The fraction of sp³-hybridized carbons (Fsp3) is 0. The quantitative estimate of drug-likeness (QED) is 0.529. The van der Waals surface area contributed by atoms with Crippen LogP contribution in [-0.2, 0) is 0 Å². The fourth-order valence-corrected chi connectivity index (χ4v) is 2.93. The fourth-order valence-electron chi connectivity index (χ4n) is 2.34. The maximum Gasteiger partial charge on any atom is 0.354 e. The zero-order valence-corrected chi connectivity index (χ0v) is 14.6. The molecule has 0 saturated heterocycles. The summed E-state index contributed by atoms with van der Waals surface area (Å²) in [5.74, 6) is 5.17. The van der Waals surface area contributed by atoms with Crippen molar-refractivity contribution >= 4 is 34.8 Å². The van der Waals surface area contributed by atoms with E-state index >= 15 is 0 Å². The van der Waals surface area contributed by atoms with Crippen molar-refractivity contribution < 1.29 is 4.39 Å². The van der Waals surface area contributed by atoms with Crippen LogP contribution in [0.3, 0.4) is 0 Å². The van der Waals surface area contributed by atoms with Gasteiger partial charge in [-0.2, -0.15) is 0 Å². The second kappa shape index (κ2) is 6.55. The topological polar surface area (TPSA) is 70.0 Å². The summed E-state index contributed by atoms with van der Waals surface area (Å²) in [5, 5.41) is 0.227. The van der Waals surface area contributed by atoms with Crippen molar-refractivity contribution in [3.63, 3.8) is 0 Å². The molecule has 0 aliphatic heterocycles. The molecule has 3 rings (SSSR count). The Bertz CT molecular complexity index is 1090. The van der Waals surface area contributed by atoms with Gasteiger partial charge in [0.25, 0.3) is 5.56 Å². The average molecular weight is 401 g/mol. The molecule has 0 radical (unpaired) electrons. The van der Waals surface area contributed by atoms with E-state index in [-0.39, 0.29) is 32.0 Å². The van der Waals surface area contributed by atoms with Crippen molar-refractivity contribution in [2.75, 3.05) is 5.84 Å². The van der Waals surface area contributed by atoms with E-state index in [1.54, 1.807) is 6.07 Å². The van der Waals surface area contributed by atoms with Crippen LogP contribution in [0.1, 0.15) is 0 Å². The molecule has 0 spiro atoms. The van der Waals surface area contributed by atoms with Gasteiger partial charge in [0.1, 0.15) is 5.82 Å². The molecule has 9 heteroatoms. The van der Waals surface area contributed by atoms with E-state index in [4.69, 9.17) is 40.6 Å². The van der Waals surface area contributed by atoms with Gasteiger partial charge < -0.3 is 5.84 Å². The minimum atomic E-state index is -0.889. The monoisotopic (exact) mass is 399 g/mol. The molecule has 0 fully saturated rings. The number of halogens is 4. The van der Waals surface area contributed by atoms with Crippen LogP contribution in [0.4, 0.5) is 4.39 Å². The molecular weight excluding hydrogens is 392 g/mol. The van der Waals surface area contributed by atoms with Crippen LogP contribution in [-0.4, -0.2) is 9.24 Å². The highest BCUT2D eigenvalue weighted by Gasteiger charge is 2.16. The SMILES string of the molecule is Nn1c(-c2ccccc2F)cc(=O)n(-c2cc(Cl)c(Cl)c(Cl)c2)c1=O. The zero-order valence-electron chi connectivity index (χ0n) is 12.3. The predicted octanol–water partition coefficient (Wildman–Crippen LogP) is 3.48. The molecule has 128 valence electrons. The Labute approximate surface area is 155 Å². The van der Waals surface area contributed by atoms with Gasteiger partial charge in [-0.3, -0.25) is 4.79 Å². The molecule has 2 aromatic carbocycles. The van der Waals surface area contributed by atoms with Crippen LogP contribution >= 0.6 is 34.8 Å². The lowest BCUT2D eigenvalue weighted by molar-refractivity contribution is 0.628. The van der Waals surface area contributed by atoms with Crippen LogP contribution in [0.15, 0.2) is 52.1 Å². The van der Waals surface area contributed by atoms with E-state index in [2.05, 4.69) is 0 Å². The van der Waals surface area contributed by atoms with E-state index in [1.165, 1.54) is 30.3 Å². The van der Waals surface area contributed by atoms with Gasteiger partial charge in [-0.25, -0.2) is 18.4 Å². The van der Waals surface area contributed by atoms with Crippen LogP contribution in [0.5, 0.6) is 0 Å². The highest BCUT2D eigenvalue weighted by molar-refractivity contribution is 6.48. The number of benzene rings is 2. The molecule has 0 saturated carbocycles. The first-order valence-corrected chi connectivity index (χ1v) is 7.98. The van der Waals surface area contributed by atoms with Gasteiger partial charge in [-0.05, 0) is 24.3 Å². The minimum absolute atomic E-state index is 0.0264. The number of aromatic nitrogens is 2. The molecule has 0 atom stereocenters. The lowest BCUT2D eigenvalue weighted by Crippen LogP contribution is -2.42. The number of nitrogen functional groups attached to an aromatic ring is 1. The maximum atomic E-state index is 14.0. The Morgan fingerprint density at radius 3 is 2.16 bits per heavy atom. The Hall–Kier alpha value is -2.28. The molecule has 0 aliphatic rings. The summed E-state index contributed by atoms with van der Waals surface area (Å²) >= 11 is 17.7. The Kier molecular flexibility index (Phi) is 4.60. The third-order valence-electron chi connectivity index (χ3n) is 3.51. The van der Waals surface area contributed by atoms with Gasteiger partial charge in [0, 0.05) is 11.6 Å². The van der Waals surface area contributed by atoms with E-state index in [0.29, 0.717) is 4.68 Å². The predicted molar refractivity (Wildman–Crippen MR) is 96.9 cm³/mol. The number of nitrogens with two attached hydrogens (primary N) is 1. The lowest BCUT2D eigenvalue weighted by Gasteiger charge is -2.13. The van der Waals surface area contributed by atoms with Crippen molar-refractivity contribution in [3.05, 3.63) is 84.2 Å². The highest BCUT2D eigenvalue weighted by Crippen LogP contribution is 2.32. The molecule has 0 amide bonds. The number of nitrogens with zero attached hydrogens (tertiary/aromatic N) is 2. The molecule has 0 aliphatic carbocycles. The second-order valence-corrected chi connectivity index (χ2v) is 6.25. The first-order valence-electron chi connectivity index (χ1n) is 6.85. The largest absolute Gasteiger partial charge is 0.354 e. The van der Waals surface area contributed by atoms with Crippen LogP contribution in [0.25, 0.3) is 16.9 Å². The van der Waals surface area contributed by atoms with Gasteiger partial charge in [0.2, 0.25) is 0 Å². The summed E-state index contributed by atoms with van der Waals surface area (Å²) in [5.41, 5.74) is -1.55. The molecule has 1 heterocycles. The minimum Gasteiger partial charge on any atom is -0.335 e. The first kappa shape index (κ1) is 17.5. The first-order chi connectivity index (χ1) is 11.8. The number of hydrogen-bond acceptors (Lipinski definition) is 3. The van der Waals surface area contributed by atoms with Gasteiger partial charge in [0.15, 0.2) is 0 Å². The summed E-state index contributed by atoms with van der Waals surface area (Å²) in [4.78, 5) is 25.0. The van der Waals surface area contributed by atoms with Crippen molar-refractivity contribution in [1.29, 1.82) is 0 Å². The third-order valence-corrected chi connectivity index (χ3v) is 4.71. The molecule has 0 bridgehead atoms. The number of hydrogen-bond donors (Lipinski definition) is 1. The molecule has 5 nitrogen and oxygen atoms in total. The van der Waals surface area contributed by atoms with Crippen molar-refractivity contribution in [3.8, 4) is 16.9 Å². The molecule has 2 N–H and O–H groups in total. The molecular formula is C16H9Cl3FN3O2. The van der Waals surface area contributed by atoms with Gasteiger partial charge in [0.05, 0.1) is 26.4 Å². The van der Waals surface area contributed by atoms with Crippen LogP contribution in [0, 0.1) is 5.82 Å². The average Bonchev–Trinajstić information content (AvgIpc) is 2.56. The molecule has 1 aromatic heterocycles. The second-order valence-electron chi connectivity index (χ2n) is 5.06. The Morgan fingerprint density at radius 2 is 1.56 bits per heavy atom. The standard InChI is InChI=1S/C16H9Cl3FN3O2/c17-10-5-8(6-11(18)15(10)19)22-14(24)7-13(23(21)16(22)25)9-3-1-2-4-12(9)20/h1-7H,21H2. The van der Waals surface area contributed by atoms with E-state index in [0.717, 1.165) is 10.6 Å². The molecule has 0 unspecified atom stereocenters. The van der Waals surface area contributed by atoms with Gasteiger partial charge in [-0.1, -0.05) is 46.9 Å². The van der Waals surface area contributed by atoms with E-state index in [9.17, 15) is 14.0 Å². The number of rotatable bonds is 2. The molecule has 25 heavy (non-hydrogen) atoms. The van der Waals surface area contributed by atoms with Crippen LogP contribution in [0.2, 0.25) is 15.1 Å². The van der Waals surface area contributed by atoms with Crippen molar-refractivity contribution in [2.45, 2.75) is 0 Å². The van der Waals surface area contributed by atoms with Crippen molar-refractivity contribution in [1.82, 2.24) is 9.24 Å². The summed E-state index contributed by atoms with van der Waals surface area (Å²) in [6, 6.07) is 9.32. The smallest absolute Gasteiger partial charge is 0.335 e. The van der Waals surface area contributed by atoms with Gasteiger partial charge >= 0.3 is 5.69 Å². The zero-order chi connectivity index (χ0) is 18.3. The normalized spacial score (nSPS) is 10.9. The van der Waals surface area contributed by atoms with Crippen LogP contribution < -0.4 is 17.1 Å². The Balaban J connectivity index is 2.30. The van der Waals surface area contributed by atoms with Crippen molar-refractivity contribution in [2.24, 2.45) is 0 Å².